The first-order valence-electron chi connectivity index (χ1n) is 9.99. The number of likely N-dealkylation sites (N-methyl/N-ethyl adjacent to an activating group) is 1. The quantitative estimate of drug-likeness (QED) is 0.795. The zero-order valence-corrected chi connectivity index (χ0v) is 16.8. The molecule has 1 saturated heterocycles. The molecule has 0 aliphatic carbocycles. The fraction of sp³-hybridized carbons (Fsp3) is 0.435. The molecule has 150 valence electrons. The lowest BCUT2D eigenvalue weighted by Crippen LogP contribution is -2.45. The zero-order valence-electron chi connectivity index (χ0n) is 16.8. The second kappa shape index (κ2) is 9.80. The van der Waals surface area contributed by atoms with Crippen LogP contribution in [0.1, 0.15) is 30.0 Å². The monoisotopic (exact) mass is 383 g/mol. The molecular weight excluding hydrogens is 353 g/mol. The van der Waals surface area contributed by atoms with Crippen LogP contribution in [-0.4, -0.2) is 49.4 Å². The first-order chi connectivity index (χ1) is 13.5. The zero-order chi connectivity index (χ0) is 19.9. The fourth-order valence-electron chi connectivity index (χ4n) is 3.86. The molecule has 5 heteroatoms. The molecule has 4 nitrogen and oxygen atoms in total. The summed E-state index contributed by atoms with van der Waals surface area (Å²) in [5, 5.41) is 3.07. The number of likely N-dealkylation sites (tertiary alicyclic amines) is 1. The van der Waals surface area contributed by atoms with Crippen LogP contribution in [0.25, 0.3) is 0 Å². The lowest BCUT2D eigenvalue weighted by Gasteiger charge is -2.39. The molecule has 0 aromatic heterocycles. The van der Waals surface area contributed by atoms with Crippen molar-refractivity contribution in [1.29, 1.82) is 0 Å². The second-order valence-corrected chi connectivity index (χ2v) is 7.85. The topological polar surface area (TPSA) is 35.6 Å². The normalized spacial score (nSPS) is 20.3. The molecule has 1 aliphatic heterocycles. The lowest BCUT2D eigenvalue weighted by atomic mass is 9.88. The molecule has 0 saturated carbocycles. The summed E-state index contributed by atoms with van der Waals surface area (Å²) in [4.78, 5) is 17.1. The van der Waals surface area contributed by atoms with E-state index in [1.165, 1.54) is 17.7 Å². The Morgan fingerprint density at radius 1 is 1.11 bits per heavy atom. The fourth-order valence-corrected chi connectivity index (χ4v) is 3.86. The molecule has 0 bridgehead atoms. The Morgan fingerprint density at radius 2 is 1.82 bits per heavy atom. The van der Waals surface area contributed by atoms with Gasteiger partial charge in [0.1, 0.15) is 5.82 Å². The van der Waals surface area contributed by atoms with E-state index >= 15 is 0 Å². The Morgan fingerprint density at radius 3 is 2.50 bits per heavy atom. The molecule has 1 N–H and O–H groups in total. The number of halogens is 1. The van der Waals surface area contributed by atoms with Gasteiger partial charge in [-0.25, -0.2) is 4.39 Å². The van der Waals surface area contributed by atoms with Crippen LogP contribution in [0.5, 0.6) is 0 Å². The molecular formula is C23H30FN3O. The second-order valence-electron chi connectivity index (χ2n) is 7.85. The van der Waals surface area contributed by atoms with Crippen molar-refractivity contribution in [2.75, 3.05) is 33.7 Å². The van der Waals surface area contributed by atoms with Gasteiger partial charge in [-0.1, -0.05) is 42.5 Å². The van der Waals surface area contributed by atoms with Crippen molar-refractivity contribution in [3.63, 3.8) is 0 Å². The first kappa shape index (κ1) is 20.5. The SMILES string of the molecule is CN(C)CCNC(=O)C1CCC(c2ccc(F)cc2)N(Cc2ccccc2)C1. The summed E-state index contributed by atoms with van der Waals surface area (Å²) in [6.45, 7) is 3.00. The number of piperidine rings is 1. The summed E-state index contributed by atoms with van der Waals surface area (Å²) in [7, 11) is 4.00. The van der Waals surface area contributed by atoms with Crippen molar-refractivity contribution in [2.45, 2.75) is 25.4 Å². The minimum atomic E-state index is -0.215. The van der Waals surface area contributed by atoms with Crippen LogP contribution in [0.2, 0.25) is 0 Å². The van der Waals surface area contributed by atoms with Crippen LogP contribution >= 0.6 is 0 Å². The molecule has 3 rings (SSSR count). The van der Waals surface area contributed by atoms with Crippen molar-refractivity contribution in [2.24, 2.45) is 5.92 Å². The van der Waals surface area contributed by atoms with Crippen molar-refractivity contribution in [1.82, 2.24) is 15.1 Å². The van der Waals surface area contributed by atoms with Gasteiger partial charge in [-0.3, -0.25) is 9.69 Å². The summed E-state index contributed by atoms with van der Waals surface area (Å²) >= 11 is 0. The number of benzene rings is 2. The number of carbonyl (C=O) groups is 1. The summed E-state index contributed by atoms with van der Waals surface area (Å²) in [5.41, 5.74) is 2.34. The molecule has 0 radical (unpaired) electrons. The highest BCUT2D eigenvalue weighted by atomic mass is 19.1. The Kier molecular flexibility index (Phi) is 7.18. The standard InChI is InChI=1S/C23H30FN3O/c1-26(2)15-14-25-23(28)20-10-13-22(19-8-11-21(24)12-9-19)27(17-20)16-18-6-4-3-5-7-18/h3-9,11-12,20,22H,10,13-17H2,1-2H3,(H,25,28). The Balaban J connectivity index is 1.71. The molecule has 1 heterocycles. The van der Waals surface area contributed by atoms with Gasteiger partial charge >= 0.3 is 0 Å². The maximum absolute atomic E-state index is 13.4. The minimum absolute atomic E-state index is 0.0115. The highest BCUT2D eigenvalue weighted by Crippen LogP contribution is 2.34. The van der Waals surface area contributed by atoms with Crippen molar-refractivity contribution in [3.05, 3.63) is 71.5 Å². The maximum atomic E-state index is 13.4. The van der Waals surface area contributed by atoms with E-state index in [1.807, 2.05) is 44.4 Å². The lowest BCUT2D eigenvalue weighted by molar-refractivity contribution is -0.127. The smallest absolute Gasteiger partial charge is 0.224 e. The van der Waals surface area contributed by atoms with E-state index in [1.54, 1.807) is 0 Å². The van der Waals surface area contributed by atoms with E-state index in [0.717, 1.165) is 31.5 Å². The Bertz CT molecular complexity index is 748. The van der Waals surface area contributed by atoms with Crippen LogP contribution in [0, 0.1) is 11.7 Å². The van der Waals surface area contributed by atoms with Crippen LogP contribution in [0.15, 0.2) is 54.6 Å². The van der Waals surface area contributed by atoms with E-state index < -0.39 is 0 Å². The van der Waals surface area contributed by atoms with E-state index in [-0.39, 0.29) is 23.7 Å². The molecule has 1 aliphatic rings. The minimum Gasteiger partial charge on any atom is -0.355 e. The third kappa shape index (κ3) is 5.63. The molecule has 2 atom stereocenters. The van der Waals surface area contributed by atoms with E-state index in [9.17, 15) is 9.18 Å². The molecule has 0 spiro atoms. The number of hydrogen-bond acceptors (Lipinski definition) is 3. The number of rotatable bonds is 7. The number of nitrogens with one attached hydrogen (secondary N) is 1. The van der Waals surface area contributed by atoms with Gasteiger partial charge in [-0.05, 0) is 50.2 Å². The van der Waals surface area contributed by atoms with Crippen LogP contribution < -0.4 is 5.32 Å². The molecule has 2 unspecified atom stereocenters. The van der Waals surface area contributed by atoms with Gasteiger partial charge in [-0.2, -0.15) is 0 Å². The van der Waals surface area contributed by atoms with Crippen molar-refractivity contribution in [3.8, 4) is 0 Å². The summed E-state index contributed by atoms with van der Waals surface area (Å²) < 4.78 is 13.4. The third-order valence-electron chi connectivity index (χ3n) is 5.40. The number of carbonyl (C=O) groups excluding carboxylic acids is 1. The van der Waals surface area contributed by atoms with Crippen molar-refractivity contribution >= 4 is 5.91 Å². The number of amides is 1. The predicted molar refractivity (Wildman–Crippen MR) is 110 cm³/mol. The van der Waals surface area contributed by atoms with Gasteiger partial charge < -0.3 is 10.2 Å². The summed E-state index contributed by atoms with van der Waals surface area (Å²) in [6.07, 6.45) is 1.74. The molecule has 2 aromatic rings. The average Bonchev–Trinajstić information content (AvgIpc) is 2.69. The van der Waals surface area contributed by atoms with Gasteiger partial charge in [0.15, 0.2) is 0 Å². The highest BCUT2D eigenvalue weighted by Gasteiger charge is 2.32. The van der Waals surface area contributed by atoms with Gasteiger partial charge in [0.05, 0.1) is 5.92 Å². The van der Waals surface area contributed by atoms with E-state index in [2.05, 4.69) is 27.2 Å². The highest BCUT2D eigenvalue weighted by molar-refractivity contribution is 5.79. The summed E-state index contributed by atoms with van der Waals surface area (Å²) in [6, 6.07) is 17.3. The van der Waals surface area contributed by atoms with E-state index in [0.29, 0.717) is 13.1 Å². The largest absolute Gasteiger partial charge is 0.355 e. The molecule has 28 heavy (non-hydrogen) atoms. The van der Waals surface area contributed by atoms with Gasteiger partial charge in [0.2, 0.25) is 5.91 Å². The van der Waals surface area contributed by atoms with Crippen LogP contribution in [0.4, 0.5) is 4.39 Å². The summed E-state index contributed by atoms with van der Waals surface area (Å²) in [5.74, 6) is -0.0904. The maximum Gasteiger partial charge on any atom is 0.224 e. The molecule has 1 amide bonds. The third-order valence-corrected chi connectivity index (χ3v) is 5.40. The van der Waals surface area contributed by atoms with Crippen LogP contribution in [-0.2, 0) is 11.3 Å². The van der Waals surface area contributed by atoms with Gasteiger partial charge in [0, 0.05) is 32.2 Å². The molecule has 1 fully saturated rings. The van der Waals surface area contributed by atoms with Gasteiger partial charge in [-0.15, -0.1) is 0 Å². The van der Waals surface area contributed by atoms with Crippen LogP contribution in [0.3, 0.4) is 0 Å². The number of hydrogen-bond donors (Lipinski definition) is 1. The van der Waals surface area contributed by atoms with E-state index in [4.69, 9.17) is 0 Å². The van der Waals surface area contributed by atoms with Gasteiger partial charge in [0.25, 0.3) is 0 Å². The predicted octanol–water partition coefficient (Wildman–Crippen LogP) is 3.46. The molecule has 2 aromatic carbocycles. The Labute approximate surface area is 167 Å². The van der Waals surface area contributed by atoms with Crippen molar-refractivity contribution < 1.29 is 9.18 Å². The number of nitrogens with zero attached hydrogens (tertiary/aromatic N) is 2. The first-order valence-corrected chi connectivity index (χ1v) is 9.99. The average molecular weight is 384 g/mol. The Hall–Kier alpha value is -2.24.